The van der Waals surface area contributed by atoms with Gasteiger partial charge in [0.15, 0.2) is 0 Å². The Labute approximate surface area is 202 Å². The minimum absolute atomic E-state index is 0.0276. The molecule has 1 aromatic heterocycles. The zero-order chi connectivity index (χ0) is 24.3. The molecule has 0 fully saturated rings. The molecule has 1 aliphatic rings. The highest BCUT2D eigenvalue weighted by molar-refractivity contribution is 7.98. The fourth-order valence-corrected chi connectivity index (χ4v) is 5.41. The third kappa shape index (κ3) is 5.16. The Morgan fingerprint density at radius 2 is 1.76 bits per heavy atom. The van der Waals surface area contributed by atoms with Gasteiger partial charge in [-0.05, 0) is 29.8 Å². The third-order valence-electron chi connectivity index (χ3n) is 5.37. The van der Waals surface area contributed by atoms with Gasteiger partial charge in [0.1, 0.15) is 12.4 Å². The summed E-state index contributed by atoms with van der Waals surface area (Å²) in [6.45, 7) is 0.376. The van der Waals surface area contributed by atoms with E-state index in [0.29, 0.717) is 29.4 Å². The van der Waals surface area contributed by atoms with Crippen LogP contribution < -0.4 is 10.6 Å². The predicted molar refractivity (Wildman–Crippen MR) is 131 cm³/mol. The average Bonchev–Trinajstić information content (AvgIpc) is 3.40. The van der Waals surface area contributed by atoms with Crippen molar-refractivity contribution in [2.75, 3.05) is 19.4 Å². The van der Waals surface area contributed by atoms with Crippen LogP contribution in [-0.4, -0.2) is 48.4 Å². The van der Waals surface area contributed by atoms with E-state index in [9.17, 15) is 18.0 Å². The quantitative estimate of drug-likeness (QED) is 0.492. The average molecular weight is 500 g/mol. The van der Waals surface area contributed by atoms with Crippen LogP contribution in [-0.2, 0) is 39.4 Å². The van der Waals surface area contributed by atoms with Gasteiger partial charge >= 0.3 is 0 Å². The van der Waals surface area contributed by atoms with Gasteiger partial charge in [0, 0.05) is 43.3 Å². The number of carbonyl (C=O) groups excluding carboxylic acids is 2. The van der Waals surface area contributed by atoms with Crippen molar-refractivity contribution in [1.82, 2.24) is 19.4 Å². The normalized spacial score (nSPS) is 13.0. The number of thioether (sulfide) groups is 1. The molecule has 1 aliphatic heterocycles. The monoisotopic (exact) mass is 499 g/mol. The number of aromatic nitrogens is 2. The van der Waals surface area contributed by atoms with Crippen LogP contribution in [0, 0.1) is 0 Å². The third-order valence-corrected chi connectivity index (χ3v) is 8.17. The summed E-state index contributed by atoms with van der Waals surface area (Å²) in [6, 6.07) is 15.3. The van der Waals surface area contributed by atoms with Gasteiger partial charge in [-0.15, -0.1) is 0 Å². The van der Waals surface area contributed by atoms with E-state index in [-0.39, 0.29) is 17.3 Å². The maximum absolute atomic E-state index is 12.9. The van der Waals surface area contributed by atoms with E-state index in [0.717, 1.165) is 21.1 Å². The van der Waals surface area contributed by atoms with Gasteiger partial charge in [0.25, 0.3) is 5.91 Å². The molecule has 178 valence electrons. The lowest BCUT2D eigenvalue weighted by Crippen LogP contribution is -2.28. The smallest absolute Gasteiger partial charge is 0.256 e. The van der Waals surface area contributed by atoms with Crippen LogP contribution in [0.3, 0.4) is 0 Å². The van der Waals surface area contributed by atoms with Gasteiger partial charge in [-0.2, -0.15) is 16.9 Å². The summed E-state index contributed by atoms with van der Waals surface area (Å²) in [5, 5.41) is 10.3. The van der Waals surface area contributed by atoms with E-state index in [2.05, 4.69) is 15.7 Å². The highest BCUT2D eigenvalue weighted by Gasteiger charge is 2.25. The van der Waals surface area contributed by atoms with Gasteiger partial charge in [0.2, 0.25) is 15.9 Å². The Balaban J connectivity index is 1.48. The molecular weight excluding hydrogens is 474 g/mol. The molecule has 11 heteroatoms. The lowest BCUT2D eigenvalue weighted by Gasteiger charge is -2.13. The summed E-state index contributed by atoms with van der Waals surface area (Å²) in [5.41, 5.74) is 3.05. The number of amides is 2. The predicted octanol–water partition coefficient (Wildman–Crippen LogP) is 2.45. The zero-order valence-electron chi connectivity index (χ0n) is 18.8. The van der Waals surface area contributed by atoms with Crippen LogP contribution in [0.4, 0.5) is 5.82 Å². The van der Waals surface area contributed by atoms with Crippen molar-refractivity contribution in [3.8, 4) is 0 Å². The van der Waals surface area contributed by atoms with E-state index in [1.807, 2.05) is 30.3 Å². The van der Waals surface area contributed by atoms with Crippen molar-refractivity contribution in [3.05, 3.63) is 77.0 Å². The van der Waals surface area contributed by atoms with Crippen molar-refractivity contribution in [1.29, 1.82) is 0 Å². The van der Waals surface area contributed by atoms with E-state index < -0.39 is 15.9 Å². The van der Waals surface area contributed by atoms with E-state index in [1.54, 1.807) is 11.8 Å². The number of nitrogens with one attached hydrogen (secondary N) is 2. The molecule has 0 bridgehead atoms. The first-order chi connectivity index (χ1) is 16.3. The number of nitrogens with zero attached hydrogens (tertiary/aromatic N) is 3. The molecule has 2 amide bonds. The maximum atomic E-state index is 12.9. The van der Waals surface area contributed by atoms with Crippen LogP contribution in [0.15, 0.2) is 59.5 Å². The summed E-state index contributed by atoms with van der Waals surface area (Å²) in [7, 11) is -0.683. The molecular formula is C23H25N5O4S2. The SMILES string of the molecule is CN(C)S(=O)(=O)c1ccc(C(=O)Nc2c3c(nn2CC(=O)NCc2ccccc2)CSC3)cc1. The molecule has 0 saturated carbocycles. The molecule has 3 aromatic rings. The number of benzene rings is 2. The summed E-state index contributed by atoms with van der Waals surface area (Å²) < 4.78 is 27.2. The van der Waals surface area contributed by atoms with Crippen LogP contribution in [0.25, 0.3) is 0 Å². The Kier molecular flexibility index (Phi) is 7.05. The molecule has 0 aliphatic carbocycles. The van der Waals surface area contributed by atoms with E-state index in [1.165, 1.54) is 43.0 Å². The standard InChI is InChI=1S/C23H25N5O4S2/c1-27(2)34(31,32)18-10-8-17(9-11-18)23(30)25-22-19-14-33-15-20(19)26-28(22)13-21(29)24-12-16-6-4-3-5-7-16/h3-11H,12-15H2,1-2H3,(H,24,29)(H,25,30). The first-order valence-corrected chi connectivity index (χ1v) is 13.2. The van der Waals surface area contributed by atoms with Crippen molar-refractivity contribution in [2.45, 2.75) is 29.5 Å². The van der Waals surface area contributed by atoms with Gasteiger partial charge < -0.3 is 10.6 Å². The van der Waals surface area contributed by atoms with Crippen LogP contribution >= 0.6 is 11.8 Å². The van der Waals surface area contributed by atoms with Crippen molar-refractivity contribution < 1.29 is 18.0 Å². The van der Waals surface area contributed by atoms with Gasteiger partial charge in [-0.3, -0.25) is 9.59 Å². The number of fused-ring (bicyclic) bond motifs is 1. The summed E-state index contributed by atoms with van der Waals surface area (Å²) in [5.74, 6) is 1.28. The second kappa shape index (κ2) is 10.00. The molecule has 0 atom stereocenters. The molecule has 0 spiro atoms. The molecule has 2 aromatic carbocycles. The van der Waals surface area contributed by atoms with Gasteiger partial charge in [0.05, 0.1) is 10.6 Å². The highest BCUT2D eigenvalue weighted by atomic mass is 32.2. The van der Waals surface area contributed by atoms with E-state index >= 15 is 0 Å². The Morgan fingerprint density at radius 1 is 1.06 bits per heavy atom. The molecule has 4 rings (SSSR count). The first-order valence-electron chi connectivity index (χ1n) is 10.6. The minimum atomic E-state index is -3.58. The van der Waals surface area contributed by atoms with E-state index in [4.69, 9.17) is 0 Å². The molecule has 2 heterocycles. The van der Waals surface area contributed by atoms with Gasteiger partial charge in [-0.25, -0.2) is 17.4 Å². The topological polar surface area (TPSA) is 113 Å². The molecule has 2 N–H and O–H groups in total. The van der Waals surface area contributed by atoms with Crippen molar-refractivity contribution >= 4 is 39.4 Å². The number of rotatable bonds is 8. The minimum Gasteiger partial charge on any atom is -0.350 e. The van der Waals surface area contributed by atoms with Crippen molar-refractivity contribution in [2.24, 2.45) is 0 Å². The number of carbonyl (C=O) groups is 2. The fourth-order valence-electron chi connectivity index (χ4n) is 3.48. The Morgan fingerprint density at radius 3 is 2.44 bits per heavy atom. The highest BCUT2D eigenvalue weighted by Crippen LogP contribution is 2.35. The summed E-state index contributed by atoms with van der Waals surface area (Å²) in [4.78, 5) is 25.6. The lowest BCUT2D eigenvalue weighted by atomic mass is 10.2. The zero-order valence-corrected chi connectivity index (χ0v) is 20.4. The lowest BCUT2D eigenvalue weighted by molar-refractivity contribution is -0.122. The van der Waals surface area contributed by atoms with Crippen LogP contribution in [0.1, 0.15) is 27.2 Å². The first kappa shape index (κ1) is 24.0. The molecule has 0 saturated heterocycles. The Hall–Kier alpha value is -3.15. The fraction of sp³-hybridized carbons (Fsp3) is 0.261. The second-order valence-corrected chi connectivity index (χ2v) is 11.1. The van der Waals surface area contributed by atoms with Crippen LogP contribution in [0.5, 0.6) is 0 Å². The number of sulfonamides is 1. The number of hydrogen-bond acceptors (Lipinski definition) is 6. The number of hydrogen-bond donors (Lipinski definition) is 2. The second-order valence-electron chi connectivity index (χ2n) is 7.95. The molecule has 34 heavy (non-hydrogen) atoms. The van der Waals surface area contributed by atoms with Gasteiger partial charge in [-0.1, -0.05) is 30.3 Å². The maximum Gasteiger partial charge on any atom is 0.256 e. The molecule has 0 unspecified atom stereocenters. The summed E-state index contributed by atoms with van der Waals surface area (Å²) >= 11 is 1.69. The largest absolute Gasteiger partial charge is 0.350 e. The molecule has 9 nitrogen and oxygen atoms in total. The van der Waals surface area contributed by atoms with Crippen LogP contribution in [0.2, 0.25) is 0 Å². The Bertz CT molecular complexity index is 1300. The number of anilines is 1. The summed E-state index contributed by atoms with van der Waals surface area (Å²) in [6.07, 6.45) is 0. The molecule has 0 radical (unpaired) electrons. The van der Waals surface area contributed by atoms with Crippen molar-refractivity contribution in [3.63, 3.8) is 0 Å².